The van der Waals surface area contributed by atoms with Crippen LogP contribution < -0.4 is 16.0 Å². The molecule has 3 aromatic carbocycles. The average Bonchev–Trinajstić information content (AvgIpc) is 2.78. The van der Waals surface area contributed by atoms with Gasteiger partial charge in [-0.15, -0.1) is 0 Å². The van der Waals surface area contributed by atoms with Crippen molar-refractivity contribution in [3.05, 3.63) is 90.0 Å². The van der Waals surface area contributed by atoms with Gasteiger partial charge in [-0.25, -0.2) is 0 Å². The molecule has 2 amide bonds. The third-order valence-electron chi connectivity index (χ3n) is 4.96. The first-order valence-corrected chi connectivity index (χ1v) is 10.6. The van der Waals surface area contributed by atoms with Crippen molar-refractivity contribution < 1.29 is 9.59 Å². The summed E-state index contributed by atoms with van der Waals surface area (Å²) < 4.78 is 0. The Morgan fingerprint density at radius 2 is 1.39 bits per heavy atom. The van der Waals surface area contributed by atoms with Crippen LogP contribution in [-0.4, -0.2) is 18.4 Å². The van der Waals surface area contributed by atoms with Crippen LogP contribution in [0.4, 0.5) is 17.1 Å². The molecule has 0 saturated heterocycles. The molecule has 31 heavy (non-hydrogen) atoms. The maximum atomic E-state index is 12.3. The Morgan fingerprint density at radius 3 is 2.10 bits per heavy atom. The van der Waals surface area contributed by atoms with Crippen molar-refractivity contribution in [2.24, 2.45) is 0 Å². The highest BCUT2D eigenvalue weighted by atomic mass is 16.2. The van der Waals surface area contributed by atoms with Gasteiger partial charge in [0, 0.05) is 23.5 Å². The highest BCUT2D eigenvalue weighted by molar-refractivity contribution is 5.94. The van der Waals surface area contributed by atoms with Gasteiger partial charge in [-0.3, -0.25) is 9.59 Å². The number of carbonyl (C=O) groups is 2. The van der Waals surface area contributed by atoms with Crippen LogP contribution >= 0.6 is 0 Å². The molecule has 160 valence electrons. The van der Waals surface area contributed by atoms with Crippen molar-refractivity contribution in [3.63, 3.8) is 0 Å². The summed E-state index contributed by atoms with van der Waals surface area (Å²) in [5.74, 6) is 0.207. The molecule has 0 aliphatic heterocycles. The number of aryl methyl sites for hydroxylation is 1. The Balaban J connectivity index is 1.45. The Kier molecular flexibility index (Phi) is 7.82. The summed E-state index contributed by atoms with van der Waals surface area (Å²) in [6.45, 7) is 4.37. The van der Waals surface area contributed by atoms with E-state index in [9.17, 15) is 9.59 Å². The molecule has 0 saturated carbocycles. The quantitative estimate of drug-likeness (QED) is 0.436. The van der Waals surface area contributed by atoms with Crippen LogP contribution in [0.5, 0.6) is 0 Å². The van der Waals surface area contributed by atoms with E-state index in [0.717, 1.165) is 28.2 Å². The second kappa shape index (κ2) is 11.0. The van der Waals surface area contributed by atoms with Crippen molar-refractivity contribution in [2.45, 2.75) is 32.6 Å². The predicted molar refractivity (Wildman–Crippen MR) is 127 cm³/mol. The molecular formula is C26H29N3O2. The number of amides is 2. The summed E-state index contributed by atoms with van der Waals surface area (Å²) in [4.78, 5) is 24.5. The zero-order valence-corrected chi connectivity index (χ0v) is 18.0. The SMILES string of the molecule is CC(C)c1ccccc1NC(=O)CNc1ccc(NC(=O)CCc2ccccc2)cc1. The molecule has 0 atom stereocenters. The number of anilines is 3. The third kappa shape index (κ3) is 7.00. The van der Waals surface area contributed by atoms with Crippen LogP contribution in [0.25, 0.3) is 0 Å². The van der Waals surface area contributed by atoms with E-state index < -0.39 is 0 Å². The number of para-hydroxylation sites is 1. The lowest BCUT2D eigenvalue weighted by Gasteiger charge is -2.14. The second-order valence-electron chi connectivity index (χ2n) is 7.75. The molecule has 0 unspecified atom stereocenters. The summed E-state index contributed by atoms with van der Waals surface area (Å²) in [6.07, 6.45) is 1.14. The smallest absolute Gasteiger partial charge is 0.243 e. The van der Waals surface area contributed by atoms with Crippen LogP contribution in [-0.2, 0) is 16.0 Å². The lowest BCUT2D eigenvalue weighted by Crippen LogP contribution is -2.22. The molecule has 3 N–H and O–H groups in total. The molecular weight excluding hydrogens is 386 g/mol. The second-order valence-corrected chi connectivity index (χ2v) is 7.75. The van der Waals surface area contributed by atoms with Crippen molar-refractivity contribution >= 4 is 28.9 Å². The number of hydrogen-bond acceptors (Lipinski definition) is 3. The summed E-state index contributed by atoms with van der Waals surface area (Å²) in [7, 11) is 0. The lowest BCUT2D eigenvalue weighted by molar-refractivity contribution is -0.116. The van der Waals surface area contributed by atoms with Gasteiger partial charge in [0.05, 0.1) is 6.54 Å². The van der Waals surface area contributed by atoms with E-state index in [0.29, 0.717) is 18.8 Å². The van der Waals surface area contributed by atoms with Gasteiger partial charge < -0.3 is 16.0 Å². The first-order valence-electron chi connectivity index (χ1n) is 10.6. The molecule has 0 aliphatic rings. The summed E-state index contributed by atoms with van der Waals surface area (Å²) in [5.41, 5.74) is 4.65. The summed E-state index contributed by atoms with van der Waals surface area (Å²) in [5, 5.41) is 8.99. The highest BCUT2D eigenvalue weighted by Crippen LogP contribution is 2.23. The van der Waals surface area contributed by atoms with Gasteiger partial charge in [-0.05, 0) is 53.8 Å². The fourth-order valence-corrected chi connectivity index (χ4v) is 3.29. The van der Waals surface area contributed by atoms with Crippen LogP contribution in [0.2, 0.25) is 0 Å². The molecule has 0 aliphatic carbocycles. The minimum Gasteiger partial charge on any atom is -0.376 e. The zero-order chi connectivity index (χ0) is 22.1. The fourth-order valence-electron chi connectivity index (χ4n) is 3.29. The Hall–Kier alpha value is -3.60. The van der Waals surface area contributed by atoms with E-state index in [2.05, 4.69) is 29.8 Å². The van der Waals surface area contributed by atoms with Gasteiger partial charge in [-0.1, -0.05) is 62.4 Å². The normalized spacial score (nSPS) is 10.5. The first kappa shape index (κ1) is 22.1. The third-order valence-corrected chi connectivity index (χ3v) is 4.96. The Labute approximate surface area is 183 Å². The standard InChI is InChI=1S/C26H29N3O2/c1-19(2)23-10-6-7-11-24(23)29-26(31)18-27-21-13-15-22(16-14-21)28-25(30)17-12-20-8-4-3-5-9-20/h3-11,13-16,19,27H,12,17-18H2,1-2H3,(H,28,30)(H,29,31). The number of nitrogens with one attached hydrogen (secondary N) is 3. The van der Waals surface area contributed by atoms with Crippen LogP contribution in [0.3, 0.4) is 0 Å². The van der Waals surface area contributed by atoms with E-state index in [-0.39, 0.29) is 18.4 Å². The van der Waals surface area contributed by atoms with Crippen molar-refractivity contribution in [3.8, 4) is 0 Å². The molecule has 3 aromatic rings. The first-order chi connectivity index (χ1) is 15.0. The van der Waals surface area contributed by atoms with E-state index in [1.165, 1.54) is 0 Å². The largest absolute Gasteiger partial charge is 0.376 e. The van der Waals surface area contributed by atoms with Crippen LogP contribution in [0, 0.1) is 0 Å². The van der Waals surface area contributed by atoms with E-state index >= 15 is 0 Å². The molecule has 0 radical (unpaired) electrons. The maximum absolute atomic E-state index is 12.3. The number of hydrogen-bond donors (Lipinski definition) is 3. The van der Waals surface area contributed by atoms with Crippen molar-refractivity contribution in [1.29, 1.82) is 0 Å². The zero-order valence-electron chi connectivity index (χ0n) is 18.0. The molecule has 5 nitrogen and oxygen atoms in total. The monoisotopic (exact) mass is 415 g/mol. The van der Waals surface area contributed by atoms with Gasteiger partial charge in [0.25, 0.3) is 0 Å². The number of rotatable bonds is 9. The van der Waals surface area contributed by atoms with Crippen molar-refractivity contribution in [2.75, 3.05) is 22.5 Å². The highest BCUT2D eigenvalue weighted by Gasteiger charge is 2.09. The summed E-state index contributed by atoms with van der Waals surface area (Å²) >= 11 is 0. The minimum atomic E-state index is -0.105. The molecule has 0 aromatic heterocycles. The molecule has 3 rings (SSSR count). The average molecular weight is 416 g/mol. The van der Waals surface area contributed by atoms with Gasteiger partial charge in [0.2, 0.25) is 11.8 Å². The van der Waals surface area contributed by atoms with Gasteiger partial charge >= 0.3 is 0 Å². The predicted octanol–water partition coefficient (Wildman–Crippen LogP) is 5.43. The van der Waals surface area contributed by atoms with Crippen LogP contribution in [0.1, 0.15) is 37.3 Å². The van der Waals surface area contributed by atoms with Crippen molar-refractivity contribution in [1.82, 2.24) is 0 Å². The Morgan fingerprint density at radius 1 is 0.742 bits per heavy atom. The number of benzene rings is 3. The molecule has 0 heterocycles. The topological polar surface area (TPSA) is 70.2 Å². The van der Waals surface area contributed by atoms with Gasteiger partial charge in [-0.2, -0.15) is 0 Å². The van der Waals surface area contributed by atoms with Gasteiger partial charge in [0.15, 0.2) is 0 Å². The lowest BCUT2D eigenvalue weighted by atomic mass is 10.0. The summed E-state index contributed by atoms with van der Waals surface area (Å²) in [6, 6.07) is 25.2. The van der Waals surface area contributed by atoms with E-state index in [1.807, 2.05) is 78.9 Å². The van der Waals surface area contributed by atoms with Gasteiger partial charge in [0.1, 0.15) is 0 Å². The van der Waals surface area contributed by atoms with E-state index in [4.69, 9.17) is 0 Å². The van der Waals surface area contributed by atoms with E-state index in [1.54, 1.807) is 0 Å². The maximum Gasteiger partial charge on any atom is 0.243 e. The fraction of sp³-hybridized carbons (Fsp3) is 0.231. The minimum absolute atomic E-state index is 0.0206. The van der Waals surface area contributed by atoms with Crippen LogP contribution in [0.15, 0.2) is 78.9 Å². The Bertz CT molecular complexity index is 999. The molecule has 0 bridgehead atoms. The number of carbonyl (C=O) groups excluding carboxylic acids is 2. The molecule has 5 heteroatoms. The molecule has 0 fully saturated rings. The molecule has 0 spiro atoms.